The van der Waals surface area contributed by atoms with Crippen molar-refractivity contribution in [1.82, 2.24) is 16.0 Å². The van der Waals surface area contributed by atoms with E-state index in [4.69, 9.17) is 28.7 Å². The molecule has 0 aromatic heterocycles. The number of nitrogens with two attached hydrogens (primary N) is 5. The van der Waals surface area contributed by atoms with Crippen LogP contribution in [0.1, 0.15) is 38.5 Å². The van der Waals surface area contributed by atoms with E-state index in [1.807, 2.05) is 0 Å². The molecule has 15 nitrogen and oxygen atoms in total. The number of thiol groups is 1. The molecule has 35 heavy (non-hydrogen) atoms. The Morgan fingerprint density at radius 2 is 1.40 bits per heavy atom. The molecule has 4 amide bonds. The summed E-state index contributed by atoms with van der Waals surface area (Å²) < 4.78 is 0. The molecule has 4 unspecified atom stereocenters. The summed E-state index contributed by atoms with van der Waals surface area (Å²) in [6.07, 6.45) is 1.22. The predicted molar refractivity (Wildman–Crippen MR) is 132 cm³/mol. The lowest BCUT2D eigenvalue weighted by atomic mass is 10.1. The minimum absolute atomic E-state index is 0.103. The Labute approximate surface area is 208 Å². The third kappa shape index (κ3) is 14.0. The molecule has 0 fully saturated rings. The van der Waals surface area contributed by atoms with Crippen molar-refractivity contribution in [2.45, 2.75) is 62.7 Å². The normalized spacial score (nSPS) is 14.0. The molecule has 0 radical (unpaired) electrons. The monoisotopic (exact) mass is 519 g/mol. The minimum Gasteiger partial charge on any atom is -0.480 e. The van der Waals surface area contributed by atoms with Crippen LogP contribution >= 0.6 is 12.6 Å². The number of guanidine groups is 1. The standard InChI is InChI=1S/C19H37N9O6S/c20-6-2-1-5-11(18(33)34)26-17(32)13(9-35)28-16(31)12(8-14(22)29)27-15(30)10(21)4-3-7-25-19(23)24/h10-13,35H,1-9,20-21H2,(H2,22,29)(H,26,32)(H,27,30)(H,28,31)(H,33,34)(H4,23,24,25). The third-order valence-electron chi connectivity index (χ3n) is 4.72. The number of hydrogen-bond acceptors (Lipinski definition) is 9. The Morgan fingerprint density at radius 3 is 1.91 bits per heavy atom. The number of aliphatic imine (C=N–C) groups is 1. The number of carbonyl (C=O) groups excluding carboxylic acids is 4. The first kappa shape index (κ1) is 31.9. The second-order valence-electron chi connectivity index (χ2n) is 7.71. The Balaban J connectivity index is 5.14. The van der Waals surface area contributed by atoms with E-state index in [0.29, 0.717) is 25.8 Å². The molecule has 200 valence electrons. The number of unbranched alkanes of at least 4 members (excludes halogenated alkanes) is 1. The van der Waals surface area contributed by atoms with Crippen molar-refractivity contribution >= 4 is 48.2 Å². The van der Waals surface area contributed by atoms with Gasteiger partial charge in [0.1, 0.15) is 18.1 Å². The van der Waals surface area contributed by atoms with Gasteiger partial charge in [0, 0.05) is 12.3 Å². The number of hydrogen-bond donors (Lipinski definition) is 10. The zero-order valence-corrected chi connectivity index (χ0v) is 20.3. The van der Waals surface area contributed by atoms with Gasteiger partial charge in [-0.05, 0) is 38.6 Å². The van der Waals surface area contributed by atoms with Gasteiger partial charge < -0.3 is 49.7 Å². The number of nitrogens with one attached hydrogen (secondary N) is 3. The number of carboxylic acids is 1. The van der Waals surface area contributed by atoms with Crippen molar-refractivity contribution < 1.29 is 29.1 Å². The second kappa shape index (κ2) is 17.3. The maximum absolute atomic E-state index is 12.7. The van der Waals surface area contributed by atoms with Crippen LogP contribution in [0.4, 0.5) is 0 Å². The lowest BCUT2D eigenvalue weighted by molar-refractivity contribution is -0.142. The molecule has 14 N–H and O–H groups in total. The van der Waals surface area contributed by atoms with E-state index < -0.39 is 60.2 Å². The highest BCUT2D eigenvalue weighted by atomic mass is 32.1. The van der Waals surface area contributed by atoms with E-state index in [1.165, 1.54) is 0 Å². The van der Waals surface area contributed by atoms with E-state index in [-0.39, 0.29) is 31.1 Å². The summed E-state index contributed by atoms with van der Waals surface area (Å²) in [5.41, 5.74) is 26.8. The molecule has 0 saturated heterocycles. The van der Waals surface area contributed by atoms with Crippen molar-refractivity contribution in [1.29, 1.82) is 0 Å². The largest absolute Gasteiger partial charge is 0.480 e. The van der Waals surface area contributed by atoms with Gasteiger partial charge in [0.2, 0.25) is 23.6 Å². The smallest absolute Gasteiger partial charge is 0.326 e. The molecule has 0 saturated carbocycles. The number of rotatable bonds is 18. The second-order valence-corrected chi connectivity index (χ2v) is 8.08. The van der Waals surface area contributed by atoms with Crippen LogP contribution < -0.4 is 44.6 Å². The number of carboxylic acid groups (broad SMARTS) is 1. The zero-order chi connectivity index (χ0) is 27.0. The van der Waals surface area contributed by atoms with Gasteiger partial charge in [0.25, 0.3) is 0 Å². The molecule has 0 aliphatic carbocycles. The van der Waals surface area contributed by atoms with E-state index in [2.05, 4.69) is 33.6 Å². The Kier molecular flexibility index (Phi) is 15.8. The van der Waals surface area contributed by atoms with Crippen LogP contribution in [0.5, 0.6) is 0 Å². The van der Waals surface area contributed by atoms with E-state index in [9.17, 15) is 29.1 Å². The fourth-order valence-corrected chi connectivity index (χ4v) is 3.09. The van der Waals surface area contributed by atoms with E-state index in [0.717, 1.165) is 0 Å². The van der Waals surface area contributed by atoms with Gasteiger partial charge in [-0.15, -0.1) is 0 Å². The highest BCUT2D eigenvalue weighted by Gasteiger charge is 2.30. The Morgan fingerprint density at radius 1 is 0.829 bits per heavy atom. The van der Waals surface area contributed by atoms with Crippen LogP contribution in [0.15, 0.2) is 4.99 Å². The molecule has 0 aromatic carbocycles. The summed E-state index contributed by atoms with van der Waals surface area (Å²) >= 11 is 4.03. The van der Waals surface area contributed by atoms with Gasteiger partial charge >= 0.3 is 5.97 Å². The summed E-state index contributed by atoms with van der Waals surface area (Å²) in [5, 5.41) is 16.3. The average molecular weight is 520 g/mol. The fourth-order valence-electron chi connectivity index (χ4n) is 2.83. The summed E-state index contributed by atoms with van der Waals surface area (Å²) in [6, 6.07) is -4.88. The van der Waals surface area contributed by atoms with Gasteiger partial charge in [0.05, 0.1) is 12.5 Å². The van der Waals surface area contributed by atoms with Crippen LogP contribution in [0.2, 0.25) is 0 Å². The SMILES string of the molecule is NCCCCC(NC(=O)C(CS)NC(=O)C(CC(N)=O)NC(=O)C(N)CCCN=C(N)N)C(=O)O. The quantitative estimate of drug-likeness (QED) is 0.0361. The van der Waals surface area contributed by atoms with Crippen molar-refractivity contribution in [2.75, 3.05) is 18.8 Å². The molecule has 4 atom stereocenters. The third-order valence-corrected chi connectivity index (χ3v) is 5.08. The van der Waals surface area contributed by atoms with E-state index in [1.54, 1.807) is 0 Å². The number of primary amides is 1. The molecule has 0 heterocycles. The van der Waals surface area contributed by atoms with Crippen LogP contribution in [-0.4, -0.2) is 83.7 Å². The maximum atomic E-state index is 12.7. The predicted octanol–water partition coefficient (Wildman–Crippen LogP) is -4.16. The number of amides is 4. The molecule has 0 spiro atoms. The first-order valence-corrected chi connectivity index (χ1v) is 11.6. The summed E-state index contributed by atoms with van der Waals surface area (Å²) in [5.74, 6) is -4.84. The van der Waals surface area contributed by atoms with Gasteiger partial charge in [-0.1, -0.05) is 0 Å². The van der Waals surface area contributed by atoms with Crippen molar-refractivity contribution in [2.24, 2.45) is 33.7 Å². The van der Waals surface area contributed by atoms with Crippen LogP contribution in [-0.2, 0) is 24.0 Å². The first-order valence-electron chi connectivity index (χ1n) is 11.0. The van der Waals surface area contributed by atoms with Gasteiger partial charge in [-0.25, -0.2) is 4.79 Å². The molecule has 0 aliphatic heterocycles. The molecular formula is C19H37N9O6S. The molecule has 0 aromatic rings. The maximum Gasteiger partial charge on any atom is 0.326 e. The molecule has 16 heteroatoms. The average Bonchev–Trinajstić information content (AvgIpc) is 2.78. The van der Waals surface area contributed by atoms with Gasteiger partial charge in [0.15, 0.2) is 5.96 Å². The molecule has 0 bridgehead atoms. The number of aliphatic carboxylic acids is 1. The van der Waals surface area contributed by atoms with Crippen LogP contribution in [0.25, 0.3) is 0 Å². The Hall–Kier alpha value is -3.11. The molecule has 0 aliphatic rings. The topological polar surface area (TPSA) is 284 Å². The fraction of sp³-hybridized carbons (Fsp3) is 0.684. The summed E-state index contributed by atoms with van der Waals surface area (Å²) in [7, 11) is 0. The van der Waals surface area contributed by atoms with E-state index >= 15 is 0 Å². The van der Waals surface area contributed by atoms with Crippen LogP contribution in [0.3, 0.4) is 0 Å². The highest BCUT2D eigenvalue weighted by molar-refractivity contribution is 7.80. The summed E-state index contributed by atoms with van der Waals surface area (Å²) in [6.45, 7) is 0.624. The van der Waals surface area contributed by atoms with Crippen molar-refractivity contribution in [3.8, 4) is 0 Å². The van der Waals surface area contributed by atoms with Crippen molar-refractivity contribution in [3.63, 3.8) is 0 Å². The first-order chi connectivity index (χ1) is 16.4. The molecular weight excluding hydrogens is 482 g/mol. The Bertz CT molecular complexity index is 763. The highest BCUT2D eigenvalue weighted by Crippen LogP contribution is 2.03. The zero-order valence-electron chi connectivity index (χ0n) is 19.4. The van der Waals surface area contributed by atoms with Crippen LogP contribution in [0, 0.1) is 0 Å². The minimum atomic E-state index is -1.42. The van der Waals surface area contributed by atoms with Gasteiger partial charge in [-0.2, -0.15) is 12.6 Å². The summed E-state index contributed by atoms with van der Waals surface area (Å²) in [4.78, 5) is 64.2. The lowest BCUT2D eigenvalue weighted by Gasteiger charge is -2.24. The number of carbonyl (C=O) groups is 5. The van der Waals surface area contributed by atoms with Crippen molar-refractivity contribution in [3.05, 3.63) is 0 Å². The lowest BCUT2D eigenvalue weighted by Crippen LogP contribution is -2.58. The number of nitrogens with zero attached hydrogens (tertiary/aromatic N) is 1. The molecule has 0 rings (SSSR count). The van der Waals surface area contributed by atoms with Gasteiger partial charge in [-0.3, -0.25) is 24.2 Å².